The Bertz CT molecular complexity index is 795. The molecule has 0 aliphatic heterocycles. The van der Waals surface area contributed by atoms with E-state index in [4.69, 9.17) is 14.2 Å². The Morgan fingerprint density at radius 3 is 1.93 bits per heavy atom. The normalized spacial score (nSPS) is 9.75. The van der Waals surface area contributed by atoms with Crippen molar-refractivity contribution in [1.29, 1.82) is 0 Å². The number of unbranched alkanes of at least 4 members (excludes halogenated alkanes) is 3. The van der Waals surface area contributed by atoms with Crippen LogP contribution in [0.2, 0.25) is 0 Å². The van der Waals surface area contributed by atoms with Crippen molar-refractivity contribution >= 4 is 5.97 Å². The fourth-order valence-electron chi connectivity index (χ4n) is 2.43. The van der Waals surface area contributed by atoms with Crippen LogP contribution in [0.1, 0.15) is 36.8 Å². The van der Waals surface area contributed by atoms with Crippen molar-refractivity contribution in [2.45, 2.75) is 25.7 Å². The summed E-state index contributed by atoms with van der Waals surface area (Å²) in [6, 6.07) is 15.5. The summed E-state index contributed by atoms with van der Waals surface area (Å²) in [7, 11) is 1.65. The molecule has 0 saturated carbocycles. The number of carbonyl (C=O) groups excluding carboxylic acids is 1. The lowest BCUT2D eigenvalue weighted by molar-refractivity contribution is -0.137. The van der Waals surface area contributed by atoms with Crippen molar-refractivity contribution in [2.24, 2.45) is 0 Å². The van der Waals surface area contributed by atoms with Gasteiger partial charge in [-0.25, -0.2) is 4.79 Å². The van der Waals surface area contributed by atoms with E-state index in [-0.39, 0.29) is 5.97 Å². The molecule has 2 aromatic carbocycles. The number of rotatable bonds is 10. The lowest BCUT2D eigenvalue weighted by Gasteiger charge is -2.06. The maximum atomic E-state index is 10.9. The van der Waals surface area contributed by atoms with Crippen molar-refractivity contribution in [3.05, 3.63) is 72.3 Å². The van der Waals surface area contributed by atoms with Crippen molar-refractivity contribution in [1.82, 2.24) is 0 Å². The van der Waals surface area contributed by atoms with Gasteiger partial charge in [0.2, 0.25) is 0 Å². The number of hydrogen-bond donors (Lipinski definition) is 0. The summed E-state index contributed by atoms with van der Waals surface area (Å²) >= 11 is 0. The second-order valence-corrected chi connectivity index (χ2v) is 6.14. The number of benzene rings is 2. The minimum absolute atomic E-state index is 0.361. The summed E-state index contributed by atoms with van der Waals surface area (Å²) in [5, 5.41) is 0. The molecule has 0 aliphatic carbocycles. The van der Waals surface area contributed by atoms with Gasteiger partial charge in [0, 0.05) is 17.2 Å². The van der Waals surface area contributed by atoms with E-state index < -0.39 is 0 Å². The van der Waals surface area contributed by atoms with E-state index in [0.717, 1.165) is 48.3 Å². The van der Waals surface area contributed by atoms with Crippen LogP contribution >= 0.6 is 0 Å². The molecule has 0 atom stereocenters. The highest BCUT2D eigenvalue weighted by Crippen LogP contribution is 2.13. The second-order valence-electron chi connectivity index (χ2n) is 6.14. The van der Waals surface area contributed by atoms with Crippen molar-refractivity contribution < 1.29 is 19.0 Å². The highest BCUT2D eigenvalue weighted by molar-refractivity contribution is 5.81. The van der Waals surface area contributed by atoms with Gasteiger partial charge in [-0.1, -0.05) is 18.4 Å². The molecular weight excluding hydrogens is 352 g/mol. The van der Waals surface area contributed by atoms with E-state index in [1.807, 2.05) is 48.5 Å². The Kier molecular flexibility index (Phi) is 9.23. The maximum absolute atomic E-state index is 10.9. The van der Waals surface area contributed by atoms with Gasteiger partial charge in [0.15, 0.2) is 0 Å². The molecule has 0 heterocycles. The quantitative estimate of drug-likeness (QED) is 0.259. The van der Waals surface area contributed by atoms with E-state index in [2.05, 4.69) is 18.4 Å². The summed E-state index contributed by atoms with van der Waals surface area (Å²) in [5.74, 6) is 7.59. The van der Waals surface area contributed by atoms with Crippen LogP contribution in [0.4, 0.5) is 0 Å². The second kappa shape index (κ2) is 12.2. The van der Waals surface area contributed by atoms with Crippen molar-refractivity contribution in [3.8, 4) is 23.3 Å². The van der Waals surface area contributed by atoms with Crippen LogP contribution in [0.15, 0.2) is 61.2 Å². The Balaban J connectivity index is 1.65. The molecule has 0 spiro atoms. The van der Waals surface area contributed by atoms with Gasteiger partial charge in [-0.2, -0.15) is 0 Å². The molecule has 0 radical (unpaired) electrons. The number of ether oxygens (including phenoxy) is 3. The van der Waals surface area contributed by atoms with Gasteiger partial charge >= 0.3 is 5.97 Å². The zero-order valence-electron chi connectivity index (χ0n) is 16.3. The molecule has 2 aromatic rings. The molecule has 0 fully saturated rings. The molecule has 0 unspecified atom stereocenters. The summed E-state index contributed by atoms with van der Waals surface area (Å²) in [4.78, 5) is 10.9. The molecule has 0 saturated heterocycles. The van der Waals surface area contributed by atoms with Gasteiger partial charge in [-0.3, -0.25) is 0 Å². The molecule has 146 valence electrons. The Morgan fingerprint density at radius 1 is 0.857 bits per heavy atom. The molecule has 4 nitrogen and oxygen atoms in total. The van der Waals surface area contributed by atoms with Gasteiger partial charge in [-0.15, -0.1) is 0 Å². The van der Waals surface area contributed by atoms with E-state index in [9.17, 15) is 4.79 Å². The van der Waals surface area contributed by atoms with Crippen LogP contribution in [0.3, 0.4) is 0 Å². The third kappa shape index (κ3) is 8.01. The first-order chi connectivity index (χ1) is 13.7. The van der Waals surface area contributed by atoms with Crippen LogP contribution in [0, 0.1) is 11.8 Å². The van der Waals surface area contributed by atoms with Gasteiger partial charge in [0.25, 0.3) is 0 Å². The molecule has 4 heteroatoms. The Labute approximate surface area is 167 Å². The molecule has 28 heavy (non-hydrogen) atoms. The van der Waals surface area contributed by atoms with Crippen molar-refractivity contribution in [3.63, 3.8) is 0 Å². The van der Waals surface area contributed by atoms with Crippen LogP contribution in [0.25, 0.3) is 0 Å². The average Bonchev–Trinajstić information content (AvgIpc) is 2.75. The molecular formula is C24H26O4. The summed E-state index contributed by atoms with van der Waals surface area (Å²) < 4.78 is 15.8. The lowest BCUT2D eigenvalue weighted by Crippen LogP contribution is -2.02. The minimum Gasteiger partial charge on any atom is -0.497 e. The molecule has 2 rings (SSSR count). The number of esters is 1. The predicted octanol–water partition coefficient (Wildman–Crippen LogP) is 4.76. The van der Waals surface area contributed by atoms with Crippen molar-refractivity contribution in [2.75, 3.05) is 20.3 Å². The van der Waals surface area contributed by atoms with E-state index in [0.29, 0.717) is 13.2 Å². The zero-order chi connectivity index (χ0) is 20.0. The number of carbonyl (C=O) groups is 1. The topological polar surface area (TPSA) is 44.8 Å². The molecule has 0 aliphatic rings. The maximum Gasteiger partial charge on any atom is 0.330 e. The predicted molar refractivity (Wildman–Crippen MR) is 111 cm³/mol. The van der Waals surface area contributed by atoms with Crippen LogP contribution in [-0.4, -0.2) is 26.3 Å². The average molecular weight is 378 g/mol. The summed E-state index contributed by atoms with van der Waals surface area (Å²) in [5.41, 5.74) is 1.89. The number of hydrogen-bond acceptors (Lipinski definition) is 4. The molecule has 0 amide bonds. The van der Waals surface area contributed by atoms with Gasteiger partial charge in [-0.05, 0) is 74.2 Å². The monoisotopic (exact) mass is 378 g/mol. The minimum atomic E-state index is -0.361. The lowest BCUT2D eigenvalue weighted by atomic mass is 10.1. The van der Waals surface area contributed by atoms with E-state index >= 15 is 0 Å². The van der Waals surface area contributed by atoms with Crippen LogP contribution in [-0.2, 0) is 9.53 Å². The molecule has 0 N–H and O–H groups in total. The molecule has 0 bridgehead atoms. The standard InChI is InChI=1S/C24H26O4/c1-3-24(25)28-19-7-5-4-6-18-27-23-16-12-21(13-17-23)9-8-20-10-14-22(26-2)15-11-20/h3,10-17H,1,4-7,18-19H2,2H3. The first-order valence-electron chi connectivity index (χ1n) is 9.39. The van der Waals surface area contributed by atoms with Crippen LogP contribution < -0.4 is 9.47 Å². The largest absolute Gasteiger partial charge is 0.497 e. The third-order valence-electron chi connectivity index (χ3n) is 4.01. The number of methoxy groups -OCH3 is 1. The summed E-state index contributed by atoms with van der Waals surface area (Å²) in [6.07, 6.45) is 5.06. The fourth-order valence-corrected chi connectivity index (χ4v) is 2.43. The smallest absolute Gasteiger partial charge is 0.330 e. The highest BCUT2D eigenvalue weighted by atomic mass is 16.5. The SMILES string of the molecule is C=CC(=O)OCCCCCCOc1ccc(C#Cc2ccc(OC)cc2)cc1. The summed E-state index contributed by atoms with van der Waals surface area (Å²) in [6.45, 7) is 4.48. The van der Waals surface area contributed by atoms with Gasteiger partial charge in [0.05, 0.1) is 20.3 Å². The van der Waals surface area contributed by atoms with Crippen LogP contribution in [0.5, 0.6) is 11.5 Å². The Morgan fingerprint density at radius 2 is 1.39 bits per heavy atom. The first-order valence-corrected chi connectivity index (χ1v) is 9.39. The Hall–Kier alpha value is -3.19. The zero-order valence-corrected chi connectivity index (χ0v) is 16.3. The third-order valence-corrected chi connectivity index (χ3v) is 4.01. The van der Waals surface area contributed by atoms with Gasteiger partial charge < -0.3 is 14.2 Å². The first kappa shape index (κ1) is 21.1. The molecule has 0 aromatic heterocycles. The van der Waals surface area contributed by atoms with E-state index in [1.54, 1.807) is 7.11 Å². The van der Waals surface area contributed by atoms with E-state index in [1.165, 1.54) is 6.08 Å². The van der Waals surface area contributed by atoms with Gasteiger partial charge in [0.1, 0.15) is 11.5 Å². The highest BCUT2D eigenvalue weighted by Gasteiger charge is 1.97. The fraction of sp³-hybridized carbons (Fsp3) is 0.292.